The van der Waals surface area contributed by atoms with E-state index in [0.29, 0.717) is 5.82 Å². The zero-order chi connectivity index (χ0) is 10.2. The molecule has 0 radical (unpaired) electrons. The standard InChI is InChI=1S/C9H14N2O2/c1-6-5-11(8(12)13)7(10-6)9(2,3)4/h5H,1-4H3,(H,12,13). The van der Waals surface area contributed by atoms with Gasteiger partial charge in [-0.2, -0.15) is 0 Å². The molecule has 0 bridgehead atoms. The predicted octanol–water partition coefficient (Wildman–Crippen LogP) is 2.02. The Balaban J connectivity index is 3.28. The van der Waals surface area contributed by atoms with Crippen molar-refractivity contribution in [2.75, 3.05) is 0 Å². The van der Waals surface area contributed by atoms with Crippen LogP contribution in [-0.4, -0.2) is 20.8 Å². The molecular formula is C9H14N2O2. The van der Waals surface area contributed by atoms with E-state index in [2.05, 4.69) is 4.98 Å². The molecule has 0 unspecified atom stereocenters. The minimum Gasteiger partial charge on any atom is -0.464 e. The van der Waals surface area contributed by atoms with Gasteiger partial charge in [-0.1, -0.05) is 20.8 Å². The van der Waals surface area contributed by atoms with Gasteiger partial charge in [0.25, 0.3) is 0 Å². The highest BCUT2D eigenvalue weighted by molar-refractivity contribution is 5.69. The summed E-state index contributed by atoms with van der Waals surface area (Å²) in [5, 5.41) is 8.87. The van der Waals surface area contributed by atoms with Gasteiger partial charge in [-0.05, 0) is 6.92 Å². The second-order valence-electron chi connectivity index (χ2n) is 4.11. The van der Waals surface area contributed by atoms with Crippen LogP contribution >= 0.6 is 0 Å². The zero-order valence-electron chi connectivity index (χ0n) is 8.33. The van der Waals surface area contributed by atoms with Gasteiger partial charge < -0.3 is 5.11 Å². The maximum atomic E-state index is 10.8. The van der Waals surface area contributed by atoms with Gasteiger partial charge in [-0.3, -0.25) is 0 Å². The third-order valence-corrected chi connectivity index (χ3v) is 1.70. The van der Waals surface area contributed by atoms with Crippen LogP contribution in [0.4, 0.5) is 4.79 Å². The number of aromatic nitrogens is 2. The topological polar surface area (TPSA) is 55.1 Å². The van der Waals surface area contributed by atoms with E-state index in [1.54, 1.807) is 6.92 Å². The van der Waals surface area contributed by atoms with Crippen molar-refractivity contribution in [1.82, 2.24) is 9.55 Å². The summed E-state index contributed by atoms with van der Waals surface area (Å²) in [5.41, 5.74) is 0.486. The van der Waals surface area contributed by atoms with E-state index in [4.69, 9.17) is 5.11 Å². The molecule has 1 aromatic heterocycles. The summed E-state index contributed by atoms with van der Waals surface area (Å²) in [6, 6.07) is 0. The molecule has 4 nitrogen and oxygen atoms in total. The number of hydrogen-bond acceptors (Lipinski definition) is 2. The van der Waals surface area contributed by atoms with E-state index in [0.717, 1.165) is 5.69 Å². The molecule has 0 aliphatic rings. The smallest absolute Gasteiger partial charge is 0.417 e. The van der Waals surface area contributed by atoms with Crippen LogP contribution in [0.5, 0.6) is 0 Å². The number of carboxylic acid groups (broad SMARTS) is 1. The van der Waals surface area contributed by atoms with Gasteiger partial charge in [0.1, 0.15) is 5.82 Å². The average molecular weight is 182 g/mol. The average Bonchev–Trinajstić information content (AvgIpc) is 2.29. The summed E-state index contributed by atoms with van der Waals surface area (Å²) in [6.45, 7) is 7.60. The van der Waals surface area contributed by atoms with E-state index >= 15 is 0 Å². The van der Waals surface area contributed by atoms with Crippen LogP contribution in [0.3, 0.4) is 0 Å². The molecule has 0 fully saturated rings. The van der Waals surface area contributed by atoms with Crippen molar-refractivity contribution in [2.45, 2.75) is 33.1 Å². The molecular weight excluding hydrogens is 168 g/mol. The van der Waals surface area contributed by atoms with Crippen LogP contribution in [0.1, 0.15) is 32.3 Å². The first-order valence-corrected chi connectivity index (χ1v) is 4.12. The SMILES string of the molecule is Cc1cn(C(=O)O)c(C(C)(C)C)n1. The molecule has 0 spiro atoms. The Hall–Kier alpha value is -1.32. The third kappa shape index (κ3) is 1.88. The first-order chi connectivity index (χ1) is 5.82. The van der Waals surface area contributed by atoms with E-state index in [1.165, 1.54) is 10.8 Å². The van der Waals surface area contributed by atoms with Crippen LogP contribution in [0.2, 0.25) is 0 Å². The highest BCUT2D eigenvalue weighted by Crippen LogP contribution is 2.21. The first kappa shape index (κ1) is 9.77. The second-order valence-corrected chi connectivity index (χ2v) is 4.11. The Morgan fingerprint density at radius 2 is 2.08 bits per heavy atom. The van der Waals surface area contributed by atoms with Gasteiger partial charge in [0.05, 0.1) is 5.69 Å². The number of nitrogens with zero attached hydrogens (tertiary/aromatic N) is 2. The molecule has 13 heavy (non-hydrogen) atoms. The van der Waals surface area contributed by atoms with Gasteiger partial charge in [-0.15, -0.1) is 0 Å². The molecule has 1 rings (SSSR count). The van der Waals surface area contributed by atoms with Gasteiger partial charge in [0, 0.05) is 11.6 Å². The third-order valence-electron chi connectivity index (χ3n) is 1.70. The molecule has 0 aliphatic carbocycles. The van der Waals surface area contributed by atoms with E-state index in [9.17, 15) is 4.79 Å². The number of rotatable bonds is 0. The summed E-state index contributed by atoms with van der Waals surface area (Å²) in [4.78, 5) is 15.0. The first-order valence-electron chi connectivity index (χ1n) is 4.12. The largest absolute Gasteiger partial charge is 0.464 e. The van der Waals surface area contributed by atoms with Gasteiger partial charge in [0.15, 0.2) is 0 Å². The summed E-state index contributed by atoms with van der Waals surface area (Å²) in [5.74, 6) is 0.581. The highest BCUT2D eigenvalue weighted by Gasteiger charge is 2.23. The highest BCUT2D eigenvalue weighted by atomic mass is 16.4. The molecule has 1 aromatic rings. The molecule has 0 amide bonds. The number of carbonyl (C=O) groups is 1. The molecule has 0 saturated carbocycles. The molecule has 0 saturated heterocycles. The Morgan fingerprint density at radius 1 is 1.54 bits per heavy atom. The molecule has 72 valence electrons. The summed E-state index contributed by atoms with van der Waals surface area (Å²) in [7, 11) is 0. The molecule has 4 heteroatoms. The lowest BCUT2D eigenvalue weighted by Crippen LogP contribution is -2.22. The fraction of sp³-hybridized carbons (Fsp3) is 0.556. The van der Waals surface area contributed by atoms with Crippen LogP contribution in [0.15, 0.2) is 6.20 Å². The Bertz CT molecular complexity index is 334. The van der Waals surface area contributed by atoms with Crippen molar-refractivity contribution in [3.63, 3.8) is 0 Å². The number of imidazole rings is 1. The van der Waals surface area contributed by atoms with Gasteiger partial charge in [-0.25, -0.2) is 14.3 Å². The summed E-state index contributed by atoms with van der Waals surface area (Å²) >= 11 is 0. The maximum absolute atomic E-state index is 10.8. The Labute approximate surface area is 77.2 Å². The van der Waals surface area contributed by atoms with Crippen molar-refractivity contribution < 1.29 is 9.90 Å². The fourth-order valence-corrected chi connectivity index (χ4v) is 1.17. The van der Waals surface area contributed by atoms with Crippen molar-refractivity contribution in [2.24, 2.45) is 0 Å². The monoisotopic (exact) mass is 182 g/mol. The lowest BCUT2D eigenvalue weighted by molar-refractivity contribution is 0.194. The van der Waals surface area contributed by atoms with E-state index < -0.39 is 6.09 Å². The predicted molar refractivity (Wildman–Crippen MR) is 49.1 cm³/mol. The quantitative estimate of drug-likeness (QED) is 0.667. The Kier molecular flexibility index (Phi) is 2.15. The fourth-order valence-electron chi connectivity index (χ4n) is 1.17. The zero-order valence-corrected chi connectivity index (χ0v) is 8.33. The van der Waals surface area contributed by atoms with Crippen molar-refractivity contribution >= 4 is 6.09 Å². The van der Waals surface area contributed by atoms with Crippen molar-refractivity contribution in [3.8, 4) is 0 Å². The van der Waals surface area contributed by atoms with Crippen LogP contribution in [0.25, 0.3) is 0 Å². The molecule has 1 heterocycles. The van der Waals surface area contributed by atoms with Crippen LogP contribution < -0.4 is 0 Å². The van der Waals surface area contributed by atoms with E-state index in [1.807, 2.05) is 20.8 Å². The summed E-state index contributed by atoms with van der Waals surface area (Å²) < 4.78 is 1.18. The second kappa shape index (κ2) is 2.87. The Morgan fingerprint density at radius 3 is 2.38 bits per heavy atom. The lowest BCUT2D eigenvalue weighted by atomic mass is 9.96. The number of hydrogen-bond donors (Lipinski definition) is 1. The summed E-state index contributed by atoms with van der Waals surface area (Å²) in [6.07, 6.45) is 0.550. The lowest BCUT2D eigenvalue weighted by Gasteiger charge is -2.17. The van der Waals surface area contributed by atoms with Gasteiger partial charge in [0.2, 0.25) is 0 Å². The molecule has 0 atom stereocenters. The van der Waals surface area contributed by atoms with Crippen molar-refractivity contribution in [1.29, 1.82) is 0 Å². The molecule has 0 aliphatic heterocycles. The molecule has 1 N–H and O–H groups in total. The van der Waals surface area contributed by atoms with Crippen LogP contribution in [0, 0.1) is 6.92 Å². The van der Waals surface area contributed by atoms with Crippen molar-refractivity contribution in [3.05, 3.63) is 17.7 Å². The van der Waals surface area contributed by atoms with Crippen LogP contribution in [-0.2, 0) is 5.41 Å². The van der Waals surface area contributed by atoms with Gasteiger partial charge >= 0.3 is 6.09 Å². The molecule has 0 aromatic carbocycles. The number of aryl methyl sites for hydroxylation is 1. The normalized spacial score (nSPS) is 11.7. The minimum absolute atomic E-state index is 0.243. The van der Waals surface area contributed by atoms with E-state index in [-0.39, 0.29) is 5.41 Å². The minimum atomic E-state index is -0.981. The maximum Gasteiger partial charge on any atom is 0.417 e.